The first-order valence-electron chi connectivity index (χ1n) is 25.3. The number of nitrogens with zero attached hydrogens (tertiary/aromatic N) is 4. The molecule has 8 atom stereocenters. The van der Waals surface area contributed by atoms with E-state index in [1.54, 1.807) is 6.92 Å². The lowest BCUT2D eigenvalue weighted by molar-refractivity contribution is -0.142. The first kappa shape index (κ1) is 63.6. The van der Waals surface area contributed by atoms with Crippen LogP contribution in [0.5, 0.6) is 5.75 Å². The maximum atomic E-state index is 14.3. The van der Waals surface area contributed by atoms with E-state index >= 15 is 0 Å². The second kappa shape index (κ2) is 33.4. The van der Waals surface area contributed by atoms with E-state index in [0.717, 1.165) is 0 Å². The molecule has 0 radical (unpaired) electrons. The van der Waals surface area contributed by atoms with Crippen LogP contribution in [0.3, 0.4) is 0 Å². The van der Waals surface area contributed by atoms with E-state index in [9.17, 15) is 43.5 Å². The molecule has 1 aromatic rings. The summed E-state index contributed by atoms with van der Waals surface area (Å²) in [6.45, 7) is 5.84. The summed E-state index contributed by atoms with van der Waals surface area (Å²) in [5.74, 6) is -6.16. The minimum atomic E-state index is -1.37. The molecule has 1 heterocycles. The summed E-state index contributed by atoms with van der Waals surface area (Å²) in [5, 5.41) is 25.9. The Morgan fingerprint density at radius 1 is 0.600 bits per heavy atom. The van der Waals surface area contributed by atoms with E-state index in [2.05, 4.69) is 46.9 Å². The molecule has 0 saturated carbocycles. The second-order valence-corrected chi connectivity index (χ2v) is 18.8. The van der Waals surface area contributed by atoms with Gasteiger partial charge in [0.05, 0.1) is 6.04 Å². The third-order valence-electron chi connectivity index (χ3n) is 12.1. The number of likely N-dealkylation sites (tertiary alicyclic amines) is 1. The molecule has 2 rings (SSSR count). The lowest BCUT2D eigenvalue weighted by Gasteiger charge is -2.30. The molecule has 0 spiro atoms. The molecule has 420 valence electrons. The summed E-state index contributed by atoms with van der Waals surface area (Å²) in [6, 6.07) is -3.73. The Morgan fingerprint density at radius 3 is 1.59 bits per heavy atom. The van der Waals surface area contributed by atoms with Crippen LogP contribution in [0, 0.1) is 5.92 Å². The first-order valence-corrected chi connectivity index (χ1v) is 25.3. The fourth-order valence-electron chi connectivity index (χ4n) is 7.97. The average molecular weight is 1060 g/mol. The predicted molar refractivity (Wildman–Crippen MR) is 283 cm³/mol. The number of benzene rings is 1. The number of primary amides is 1. The maximum absolute atomic E-state index is 14.3. The molecule has 0 aliphatic carbocycles. The van der Waals surface area contributed by atoms with Crippen molar-refractivity contribution in [3.8, 4) is 5.75 Å². The number of phenolic OH excluding ortho intramolecular Hbond substituents is 1. The van der Waals surface area contributed by atoms with Gasteiger partial charge in [-0.05, 0) is 94.2 Å². The molecule has 75 heavy (non-hydrogen) atoms. The Kier molecular flexibility index (Phi) is 28.3. The highest BCUT2D eigenvalue weighted by Gasteiger charge is 2.40. The molecule has 25 N–H and O–H groups in total. The highest BCUT2D eigenvalue weighted by atomic mass is 16.3. The summed E-state index contributed by atoms with van der Waals surface area (Å²) >= 11 is 0. The van der Waals surface area contributed by atoms with Gasteiger partial charge < -0.3 is 93.5 Å². The summed E-state index contributed by atoms with van der Waals surface area (Å²) < 4.78 is 0. The number of nitrogens with two attached hydrogens (primary N) is 9. The van der Waals surface area contributed by atoms with E-state index in [0.29, 0.717) is 31.2 Å². The van der Waals surface area contributed by atoms with Crippen molar-refractivity contribution < 1.29 is 43.5 Å². The predicted octanol–water partition coefficient (Wildman–Crippen LogP) is -5.00. The quantitative estimate of drug-likeness (QED) is 0.0175. The molecule has 1 aliphatic heterocycles. The average Bonchev–Trinajstić information content (AvgIpc) is 3.85. The van der Waals surface area contributed by atoms with Crippen LogP contribution in [-0.4, -0.2) is 156 Å². The monoisotopic (exact) mass is 1060 g/mol. The van der Waals surface area contributed by atoms with Crippen LogP contribution in [-0.2, 0) is 44.8 Å². The lowest BCUT2D eigenvalue weighted by atomic mass is 10.0. The van der Waals surface area contributed by atoms with Gasteiger partial charge in [0.25, 0.3) is 0 Å². The molecule has 0 unspecified atom stereocenters. The van der Waals surface area contributed by atoms with E-state index in [1.807, 2.05) is 13.8 Å². The minimum absolute atomic E-state index is 0.0253. The first-order chi connectivity index (χ1) is 35.5. The molecule has 28 nitrogen and oxygen atoms in total. The van der Waals surface area contributed by atoms with Crippen molar-refractivity contribution in [1.29, 1.82) is 0 Å². The number of guanidine groups is 3. The molecule has 1 saturated heterocycles. The number of carbonyl (C=O) groups is 8. The van der Waals surface area contributed by atoms with Crippen LogP contribution in [0.15, 0.2) is 39.2 Å². The van der Waals surface area contributed by atoms with Gasteiger partial charge in [-0.3, -0.25) is 53.3 Å². The van der Waals surface area contributed by atoms with Crippen molar-refractivity contribution in [2.75, 3.05) is 32.7 Å². The number of amides is 8. The van der Waals surface area contributed by atoms with Gasteiger partial charge in [-0.2, -0.15) is 0 Å². The van der Waals surface area contributed by atoms with E-state index in [-0.39, 0.29) is 120 Å². The minimum Gasteiger partial charge on any atom is -0.508 e. The van der Waals surface area contributed by atoms with Crippen molar-refractivity contribution >= 4 is 65.1 Å². The van der Waals surface area contributed by atoms with Crippen LogP contribution < -0.4 is 83.5 Å². The van der Waals surface area contributed by atoms with Crippen LogP contribution in [0.1, 0.15) is 103 Å². The normalized spacial score (nSPS) is 15.8. The Balaban J connectivity index is 2.40. The van der Waals surface area contributed by atoms with Crippen molar-refractivity contribution in [3.05, 3.63) is 29.8 Å². The van der Waals surface area contributed by atoms with E-state index in [4.69, 9.17) is 51.6 Å². The molecular formula is C47H83N19O9. The zero-order chi connectivity index (χ0) is 56.2. The Labute approximate surface area is 437 Å². The van der Waals surface area contributed by atoms with Gasteiger partial charge >= 0.3 is 0 Å². The highest BCUT2D eigenvalue weighted by Crippen LogP contribution is 2.21. The molecule has 28 heteroatoms. The third-order valence-corrected chi connectivity index (χ3v) is 12.1. The summed E-state index contributed by atoms with van der Waals surface area (Å²) in [7, 11) is 0. The number of aliphatic imine (C=N–C) groups is 3. The van der Waals surface area contributed by atoms with Gasteiger partial charge in [0.2, 0.25) is 47.3 Å². The number of hydrogen-bond donors (Lipinski definition) is 16. The second-order valence-electron chi connectivity index (χ2n) is 18.8. The van der Waals surface area contributed by atoms with Crippen molar-refractivity contribution in [2.24, 2.45) is 72.5 Å². The lowest BCUT2D eigenvalue weighted by Crippen LogP contribution is -2.61. The summed E-state index contributed by atoms with van der Waals surface area (Å²) in [6.07, 6.45) is 2.83. The molecule has 1 aliphatic rings. The van der Waals surface area contributed by atoms with E-state index < -0.39 is 95.6 Å². The van der Waals surface area contributed by atoms with Crippen LogP contribution in [0.2, 0.25) is 0 Å². The van der Waals surface area contributed by atoms with Crippen molar-refractivity contribution in [1.82, 2.24) is 36.8 Å². The maximum Gasteiger partial charge on any atom is 0.245 e. The highest BCUT2D eigenvalue weighted by molar-refractivity contribution is 5.98. The number of hydrogen-bond acceptors (Lipinski definition) is 14. The standard InChI is InChI=1S/C47H83N19O9/c1-4-9-31(39(70)64-34(24-27-15-17-28(67)18-16-27)41(72)65-35(25-48)42(73)60-30(37(50)68)19-14-26(2)3)61-40(71)32(11-6-21-58-46(53)54)62-43(74)36-13-8-23-66(36)44(75)33(12-7-22-59-47(55)56)63-38(69)29(49)10-5-20-57-45(51)52/h15-18,26,29-36,67H,4-14,19-25,48-49H2,1-3H3,(H2,50,68)(H,60,73)(H,61,71)(H,62,74)(H,63,69)(H,64,70)(H,65,72)(H4,51,52,57)(H4,53,54,58)(H4,55,56,59)/t29-,30+,31+,32+,33+,34+,35+,36+/m1/s1. The number of nitrogens with one attached hydrogen (secondary N) is 6. The van der Waals surface area contributed by atoms with Crippen molar-refractivity contribution in [2.45, 2.75) is 153 Å². The number of phenols is 1. The fraction of sp³-hybridized carbons (Fsp3) is 0.638. The largest absolute Gasteiger partial charge is 0.508 e. The third kappa shape index (κ3) is 23.9. The molecule has 8 amide bonds. The van der Waals surface area contributed by atoms with Gasteiger partial charge in [0.1, 0.15) is 48.0 Å². The molecule has 1 fully saturated rings. The number of carbonyl (C=O) groups excluding carboxylic acids is 8. The fourth-order valence-corrected chi connectivity index (χ4v) is 7.97. The van der Waals surface area contributed by atoms with Gasteiger partial charge in [0.15, 0.2) is 17.9 Å². The van der Waals surface area contributed by atoms with Gasteiger partial charge in [-0.15, -0.1) is 0 Å². The van der Waals surface area contributed by atoms with Gasteiger partial charge in [0, 0.05) is 39.1 Å². The number of rotatable bonds is 34. The Bertz CT molecular complexity index is 2130. The van der Waals surface area contributed by atoms with E-state index in [1.165, 1.54) is 29.2 Å². The zero-order valence-electron chi connectivity index (χ0n) is 43.4. The van der Waals surface area contributed by atoms with Crippen molar-refractivity contribution in [3.63, 3.8) is 0 Å². The van der Waals surface area contributed by atoms with Gasteiger partial charge in [-0.25, -0.2) is 0 Å². The molecule has 0 aromatic heterocycles. The van der Waals surface area contributed by atoms with Crippen LogP contribution >= 0.6 is 0 Å². The Hall–Kier alpha value is -7.49. The molecule has 1 aromatic carbocycles. The zero-order valence-corrected chi connectivity index (χ0v) is 43.4. The SMILES string of the molecule is CCC[C@H](NC(=O)[C@H](CCCN=C(N)N)NC(=O)[C@@H]1CCCN1C(=O)[C@H](CCCN=C(N)N)NC(=O)[C@H](N)CCCN=C(N)N)C(=O)N[C@@H](Cc1ccc(O)cc1)C(=O)N[C@@H](CN)C(=O)N[C@@H](CCC(C)C)C(N)=O. The number of aromatic hydroxyl groups is 1. The Morgan fingerprint density at radius 2 is 1.07 bits per heavy atom. The van der Waals surface area contributed by atoms with Gasteiger partial charge in [-0.1, -0.05) is 39.3 Å². The summed E-state index contributed by atoms with van der Waals surface area (Å²) in [4.78, 5) is 123. The van der Waals surface area contributed by atoms with Crippen LogP contribution in [0.25, 0.3) is 0 Å². The molecule has 0 bridgehead atoms. The smallest absolute Gasteiger partial charge is 0.245 e. The van der Waals surface area contributed by atoms with Crippen LogP contribution in [0.4, 0.5) is 0 Å². The topological polar surface area (TPSA) is 503 Å². The summed E-state index contributed by atoms with van der Waals surface area (Å²) in [5.41, 5.74) is 51.0. The molecular weight excluding hydrogens is 975 g/mol.